The minimum Gasteiger partial charge on any atom is -0.481 e. The van der Waals surface area contributed by atoms with Gasteiger partial charge < -0.3 is 15.5 Å². The first-order chi connectivity index (χ1) is 9.30. The maximum Gasteiger partial charge on any atom is 0.307 e. The van der Waals surface area contributed by atoms with Crippen molar-refractivity contribution in [3.8, 4) is 0 Å². The van der Waals surface area contributed by atoms with Crippen molar-refractivity contribution in [3.63, 3.8) is 0 Å². The quantitative estimate of drug-likeness (QED) is 0.661. The second kappa shape index (κ2) is 7.31. The second-order valence-corrected chi connectivity index (χ2v) is 6.81. The number of carboxylic acids is 1. The van der Waals surface area contributed by atoms with Crippen LogP contribution in [0.5, 0.6) is 0 Å². The number of hydrogen-bond acceptors (Lipinski definition) is 4. The van der Waals surface area contributed by atoms with Crippen LogP contribution in [0, 0.1) is 17.8 Å². The number of aliphatic carboxylic acids is 1. The molecule has 1 amide bonds. The highest BCUT2D eigenvalue weighted by Crippen LogP contribution is 2.38. The van der Waals surface area contributed by atoms with Gasteiger partial charge in [-0.3, -0.25) is 9.59 Å². The van der Waals surface area contributed by atoms with Gasteiger partial charge in [-0.1, -0.05) is 13.3 Å². The number of aliphatic hydroxyl groups is 1. The molecule has 0 heterocycles. The van der Waals surface area contributed by atoms with Crippen LogP contribution in [0.1, 0.15) is 33.1 Å². The topological polar surface area (TPSA) is 86.6 Å². The first-order valence-electron chi connectivity index (χ1n) is 7.02. The van der Waals surface area contributed by atoms with Crippen molar-refractivity contribution in [2.45, 2.75) is 38.7 Å². The zero-order valence-electron chi connectivity index (χ0n) is 12.4. The Morgan fingerprint density at radius 2 is 1.95 bits per heavy atom. The molecule has 6 heteroatoms. The standard InChI is InChI=1S/C14H25NO4S/c1-4-9-5-10(11(6-9)13(17)18)12(16)15-7-14(2,19)8-20-3/h9-11,19H,4-8H2,1-3H3,(H,15,16)(H,17,18). The second-order valence-electron chi connectivity index (χ2n) is 5.94. The van der Waals surface area contributed by atoms with Gasteiger partial charge in [0.25, 0.3) is 0 Å². The molecular weight excluding hydrogens is 278 g/mol. The van der Waals surface area contributed by atoms with Crippen molar-refractivity contribution >= 4 is 23.6 Å². The molecule has 0 spiro atoms. The molecule has 3 N–H and O–H groups in total. The fourth-order valence-electron chi connectivity index (χ4n) is 2.81. The summed E-state index contributed by atoms with van der Waals surface area (Å²) in [6, 6.07) is 0. The van der Waals surface area contributed by atoms with Gasteiger partial charge >= 0.3 is 5.97 Å². The van der Waals surface area contributed by atoms with Crippen LogP contribution >= 0.6 is 11.8 Å². The molecule has 1 aliphatic rings. The smallest absolute Gasteiger partial charge is 0.307 e. The highest BCUT2D eigenvalue weighted by molar-refractivity contribution is 7.98. The minimum absolute atomic E-state index is 0.159. The molecule has 1 saturated carbocycles. The van der Waals surface area contributed by atoms with Crippen LogP contribution in [-0.4, -0.2) is 46.2 Å². The Balaban J connectivity index is 2.59. The maximum absolute atomic E-state index is 12.2. The zero-order valence-corrected chi connectivity index (χ0v) is 13.2. The SMILES string of the molecule is CCC1CC(C(=O)O)C(C(=O)NCC(C)(O)CSC)C1. The Bertz CT molecular complexity index is 359. The molecule has 1 aliphatic carbocycles. The van der Waals surface area contributed by atoms with E-state index in [0.717, 1.165) is 6.42 Å². The van der Waals surface area contributed by atoms with Gasteiger partial charge in [-0.15, -0.1) is 0 Å². The predicted octanol–water partition coefficient (Wildman–Crippen LogP) is 1.35. The first kappa shape index (κ1) is 17.3. The molecule has 1 fully saturated rings. The maximum atomic E-state index is 12.2. The van der Waals surface area contributed by atoms with E-state index < -0.39 is 23.4 Å². The summed E-state index contributed by atoms with van der Waals surface area (Å²) in [5.74, 6) is -1.36. The van der Waals surface area contributed by atoms with Crippen LogP contribution in [0.3, 0.4) is 0 Å². The summed E-state index contributed by atoms with van der Waals surface area (Å²) in [6.07, 6.45) is 3.99. The lowest BCUT2D eigenvalue weighted by Gasteiger charge is -2.24. The van der Waals surface area contributed by atoms with Crippen molar-refractivity contribution in [2.24, 2.45) is 17.8 Å². The molecule has 0 aliphatic heterocycles. The fourth-order valence-corrected chi connectivity index (χ4v) is 3.53. The third-order valence-corrected chi connectivity index (χ3v) is 4.90. The van der Waals surface area contributed by atoms with E-state index >= 15 is 0 Å². The van der Waals surface area contributed by atoms with E-state index in [1.54, 1.807) is 6.92 Å². The molecule has 1 rings (SSSR count). The minimum atomic E-state index is -0.962. The van der Waals surface area contributed by atoms with Crippen LogP contribution in [0.15, 0.2) is 0 Å². The number of hydrogen-bond donors (Lipinski definition) is 3. The molecule has 0 radical (unpaired) electrons. The summed E-state index contributed by atoms with van der Waals surface area (Å²) in [5.41, 5.74) is -0.962. The molecule has 0 bridgehead atoms. The van der Waals surface area contributed by atoms with Crippen molar-refractivity contribution in [2.75, 3.05) is 18.6 Å². The monoisotopic (exact) mass is 303 g/mol. The molecule has 0 saturated heterocycles. The van der Waals surface area contributed by atoms with Gasteiger partial charge in [0, 0.05) is 12.3 Å². The van der Waals surface area contributed by atoms with E-state index in [9.17, 15) is 19.8 Å². The number of rotatable bonds is 7. The van der Waals surface area contributed by atoms with Crippen molar-refractivity contribution < 1.29 is 19.8 Å². The average Bonchev–Trinajstić information content (AvgIpc) is 2.80. The highest BCUT2D eigenvalue weighted by Gasteiger charge is 2.42. The Morgan fingerprint density at radius 3 is 2.45 bits per heavy atom. The molecule has 5 nitrogen and oxygen atoms in total. The lowest BCUT2D eigenvalue weighted by molar-refractivity contribution is -0.146. The van der Waals surface area contributed by atoms with E-state index in [1.807, 2.05) is 13.2 Å². The van der Waals surface area contributed by atoms with Gasteiger partial charge in [0.2, 0.25) is 5.91 Å². The summed E-state index contributed by atoms with van der Waals surface area (Å²) in [7, 11) is 0. The first-order valence-corrected chi connectivity index (χ1v) is 8.42. The van der Waals surface area contributed by atoms with Crippen LogP contribution in [0.25, 0.3) is 0 Å². The number of nitrogens with one attached hydrogen (secondary N) is 1. The Labute approximate surface area is 124 Å². The molecular formula is C14H25NO4S. The number of carbonyl (C=O) groups excluding carboxylic acids is 1. The van der Waals surface area contributed by atoms with Crippen molar-refractivity contribution in [1.29, 1.82) is 0 Å². The number of thioether (sulfide) groups is 1. The predicted molar refractivity (Wildman–Crippen MR) is 79.6 cm³/mol. The molecule has 0 aromatic rings. The fraction of sp³-hybridized carbons (Fsp3) is 0.857. The van der Waals surface area contributed by atoms with E-state index in [1.165, 1.54) is 11.8 Å². The van der Waals surface area contributed by atoms with Gasteiger partial charge in [0.05, 0.1) is 17.4 Å². The van der Waals surface area contributed by atoms with Gasteiger partial charge in [-0.25, -0.2) is 0 Å². The van der Waals surface area contributed by atoms with Crippen LogP contribution in [0.4, 0.5) is 0 Å². The van der Waals surface area contributed by atoms with Crippen LogP contribution in [-0.2, 0) is 9.59 Å². The van der Waals surface area contributed by atoms with Crippen molar-refractivity contribution in [1.82, 2.24) is 5.32 Å². The third kappa shape index (κ3) is 4.66. The van der Waals surface area contributed by atoms with Gasteiger partial charge in [-0.2, -0.15) is 11.8 Å². The molecule has 0 aromatic heterocycles. The molecule has 116 valence electrons. The Kier molecular flexibility index (Phi) is 6.33. The highest BCUT2D eigenvalue weighted by atomic mass is 32.2. The molecule has 4 unspecified atom stereocenters. The largest absolute Gasteiger partial charge is 0.481 e. The lowest BCUT2D eigenvalue weighted by Crippen LogP contribution is -2.45. The number of carboxylic acid groups (broad SMARTS) is 1. The van der Waals surface area contributed by atoms with Crippen LogP contribution in [0.2, 0.25) is 0 Å². The van der Waals surface area contributed by atoms with E-state index in [4.69, 9.17) is 0 Å². The summed E-state index contributed by atoms with van der Waals surface area (Å²) in [4.78, 5) is 23.4. The summed E-state index contributed by atoms with van der Waals surface area (Å²) >= 11 is 1.51. The molecule has 20 heavy (non-hydrogen) atoms. The Hall–Kier alpha value is -0.750. The molecule has 0 aromatic carbocycles. The van der Waals surface area contributed by atoms with Gasteiger partial charge in [0.15, 0.2) is 0 Å². The Morgan fingerprint density at radius 1 is 1.35 bits per heavy atom. The van der Waals surface area contributed by atoms with Crippen LogP contribution < -0.4 is 5.32 Å². The zero-order chi connectivity index (χ0) is 15.3. The van der Waals surface area contributed by atoms with E-state index in [0.29, 0.717) is 24.5 Å². The van der Waals surface area contributed by atoms with E-state index in [-0.39, 0.29) is 12.5 Å². The van der Waals surface area contributed by atoms with Crippen molar-refractivity contribution in [3.05, 3.63) is 0 Å². The van der Waals surface area contributed by atoms with Gasteiger partial charge in [-0.05, 0) is 31.9 Å². The van der Waals surface area contributed by atoms with Gasteiger partial charge in [0.1, 0.15) is 0 Å². The summed E-state index contributed by atoms with van der Waals surface area (Å²) in [6.45, 7) is 3.85. The lowest BCUT2D eigenvalue weighted by atomic mass is 9.95. The summed E-state index contributed by atoms with van der Waals surface area (Å²) in [5, 5.41) is 22.0. The number of carbonyl (C=O) groups is 2. The van der Waals surface area contributed by atoms with E-state index in [2.05, 4.69) is 5.32 Å². The molecule has 4 atom stereocenters. The third-order valence-electron chi connectivity index (χ3n) is 3.99. The number of amides is 1. The normalized spacial score (nSPS) is 28.9. The average molecular weight is 303 g/mol. The summed E-state index contributed by atoms with van der Waals surface area (Å²) < 4.78 is 0.